The number of rotatable bonds is 4. The summed E-state index contributed by atoms with van der Waals surface area (Å²) in [5.74, 6) is 0.373. The maximum atomic E-state index is 12.4. The van der Waals surface area contributed by atoms with E-state index in [2.05, 4.69) is 22.5 Å². The van der Waals surface area contributed by atoms with Gasteiger partial charge >= 0.3 is 0 Å². The van der Waals surface area contributed by atoms with E-state index in [1.807, 2.05) is 13.8 Å². The molecule has 7 heteroatoms. The van der Waals surface area contributed by atoms with E-state index in [0.717, 1.165) is 19.4 Å². The fourth-order valence-corrected chi connectivity index (χ4v) is 2.39. The van der Waals surface area contributed by atoms with Crippen molar-refractivity contribution in [3.8, 4) is 5.75 Å². The zero-order chi connectivity index (χ0) is 14.5. The molecule has 0 bridgehead atoms. The van der Waals surface area contributed by atoms with Crippen molar-refractivity contribution in [2.75, 3.05) is 6.54 Å². The first kappa shape index (κ1) is 21.0. The van der Waals surface area contributed by atoms with Crippen molar-refractivity contribution in [1.29, 1.82) is 0 Å². The molecule has 1 aromatic rings. The van der Waals surface area contributed by atoms with E-state index in [1.165, 1.54) is 0 Å². The van der Waals surface area contributed by atoms with Crippen molar-refractivity contribution in [3.63, 3.8) is 0 Å². The van der Waals surface area contributed by atoms with Crippen LogP contribution in [0, 0.1) is 0 Å². The Kier molecular flexibility index (Phi) is 9.41. The predicted molar refractivity (Wildman–Crippen MR) is 92.4 cm³/mol. The summed E-state index contributed by atoms with van der Waals surface area (Å²) in [7, 11) is 0. The molecule has 0 aliphatic carbocycles. The molecule has 5 nitrogen and oxygen atoms in total. The molecule has 2 unspecified atom stereocenters. The Hall–Kier alpha value is -1.04. The lowest BCUT2D eigenvalue weighted by atomic mass is 10.00. The highest BCUT2D eigenvalue weighted by Gasteiger charge is 2.24. The summed E-state index contributed by atoms with van der Waals surface area (Å²) in [5, 5.41) is 6.42. The van der Waals surface area contributed by atoms with Crippen LogP contribution in [0.3, 0.4) is 0 Å². The van der Waals surface area contributed by atoms with E-state index >= 15 is 0 Å². The summed E-state index contributed by atoms with van der Waals surface area (Å²) in [6.45, 7) is 6.97. The van der Waals surface area contributed by atoms with Gasteiger partial charge < -0.3 is 15.4 Å². The first-order chi connectivity index (χ1) is 9.58. The van der Waals surface area contributed by atoms with Crippen LogP contribution in [0.2, 0.25) is 0 Å². The number of hydrogen-bond acceptors (Lipinski definition) is 4. The molecular formula is C15H25Cl2N3O2. The Morgan fingerprint density at radius 3 is 2.82 bits per heavy atom. The summed E-state index contributed by atoms with van der Waals surface area (Å²) >= 11 is 0. The number of hydrogen-bond donors (Lipinski definition) is 2. The maximum absolute atomic E-state index is 12.4. The standard InChI is InChI=1S/C15H23N3O2.2ClH/c1-10(2)20-13-7-5-9-17-14(13)15(19)18-12-6-4-8-16-11(12)3;;/h5,7,9-12,16H,4,6,8H2,1-3H3,(H,18,19);2*1H. The molecule has 0 saturated carbocycles. The van der Waals surface area contributed by atoms with Gasteiger partial charge in [-0.05, 0) is 52.3 Å². The third-order valence-electron chi connectivity index (χ3n) is 3.43. The number of aromatic nitrogens is 1. The number of halogens is 2. The highest BCUT2D eigenvalue weighted by Crippen LogP contribution is 2.18. The topological polar surface area (TPSA) is 63.2 Å². The van der Waals surface area contributed by atoms with Gasteiger partial charge in [-0.15, -0.1) is 24.8 Å². The van der Waals surface area contributed by atoms with E-state index in [9.17, 15) is 4.79 Å². The lowest BCUT2D eigenvalue weighted by Crippen LogP contribution is -2.52. The van der Waals surface area contributed by atoms with E-state index in [1.54, 1.807) is 18.3 Å². The summed E-state index contributed by atoms with van der Waals surface area (Å²) in [6, 6.07) is 3.99. The number of ether oxygens (including phenoxy) is 1. The van der Waals surface area contributed by atoms with Crippen LogP contribution in [0.25, 0.3) is 0 Å². The molecule has 2 rings (SSSR count). The Balaban J connectivity index is 0.00000220. The lowest BCUT2D eigenvalue weighted by molar-refractivity contribution is 0.0908. The first-order valence-electron chi connectivity index (χ1n) is 7.24. The monoisotopic (exact) mass is 349 g/mol. The lowest BCUT2D eigenvalue weighted by Gasteiger charge is -2.30. The summed E-state index contributed by atoms with van der Waals surface area (Å²) in [5.41, 5.74) is 0.360. The Bertz CT molecular complexity index is 472. The van der Waals surface area contributed by atoms with Gasteiger partial charge in [0.05, 0.1) is 6.10 Å². The van der Waals surface area contributed by atoms with Crippen molar-refractivity contribution >= 4 is 30.7 Å². The van der Waals surface area contributed by atoms with Crippen molar-refractivity contribution < 1.29 is 9.53 Å². The van der Waals surface area contributed by atoms with Gasteiger partial charge in [-0.3, -0.25) is 4.79 Å². The van der Waals surface area contributed by atoms with Crippen molar-refractivity contribution in [1.82, 2.24) is 15.6 Å². The summed E-state index contributed by atoms with van der Waals surface area (Å²) < 4.78 is 5.64. The molecule has 126 valence electrons. The van der Waals surface area contributed by atoms with Gasteiger partial charge in [0.25, 0.3) is 5.91 Å². The second-order valence-corrected chi connectivity index (χ2v) is 5.48. The molecule has 2 atom stereocenters. The van der Waals surface area contributed by atoms with E-state index in [-0.39, 0.29) is 48.9 Å². The van der Waals surface area contributed by atoms with Gasteiger partial charge in [0.15, 0.2) is 11.4 Å². The van der Waals surface area contributed by atoms with Crippen molar-refractivity contribution in [3.05, 3.63) is 24.0 Å². The zero-order valence-corrected chi connectivity index (χ0v) is 14.8. The fraction of sp³-hybridized carbons (Fsp3) is 0.600. The van der Waals surface area contributed by atoms with Crippen LogP contribution in [0.15, 0.2) is 18.3 Å². The maximum Gasteiger partial charge on any atom is 0.274 e. The second kappa shape index (κ2) is 9.87. The van der Waals surface area contributed by atoms with Crippen LogP contribution in [-0.2, 0) is 0 Å². The fourth-order valence-electron chi connectivity index (χ4n) is 2.39. The Morgan fingerprint density at radius 2 is 2.18 bits per heavy atom. The molecule has 1 saturated heterocycles. The average Bonchev–Trinajstić information content (AvgIpc) is 2.41. The Morgan fingerprint density at radius 1 is 1.45 bits per heavy atom. The summed E-state index contributed by atoms with van der Waals surface area (Å²) in [6.07, 6.45) is 3.70. The van der Waals surface area contributed by atoms with Crippen molar-refractivity contribution in [2.45, 2.75) is 51.8 Å². The number of piperidine rings is 1. The largest absolute Gasteiger partial charge is 0.489 e. The molecule has 0 radical (unpaired) electrons. The number of amides is 1. The third kappa shape index (κ3) is 5.63. The molecular weight excluding hydrogens is 325 g/mol. The molecule has 0 aromatic carbocycles. The van der Waals surface area contributed by atoms with Gasteiger partial charge in [0.2, 0.25) is 0 Å². The van der Waals surface area contributed by atoms with Crippen molar-refractivity contribution in [2.24, 2.45) is 0 Å². The number of carbonyl (C=O) groups excluding carboxylic acids is 1. The molecule has 2 N–H and O–H groups in total. The summed E-state index contributed by atoms with van der Waals surface area (Å²) in [4.78, 5) is 16.5. The van der Waals surface area contributed by atoms with Gasteiger partial charge in [-0.1, -0.05) is 0 Å². The highest BCUT2D eigenvalue weighted by atomic mass is 35.5. The van der Waals surface area contributed by atoms with E-state index in [4.69, 9.17) is 4.74 Å². The smallest absolute Gasteiger partial charge is 0.274 e. The molecule has 22 heavy (non-hydrogen) atoms. The van der Waals surface area contributed by atoms with Crippen LogP contribution in [0.1, 0.15) is 44.1 Å². The number of carbonyl (C=O) groups is 1. The van der Waals surface area contributed by atoms with E-state index in [0.29, 0.717) is 11.4 Å². The molecule has 0 spiro atoms. The minimum absolute atomic E-state index is 0. The number of nitrogens with one attached hydrogen (secondary N) is 2. The normalized spacial score (nSPS) is 20.5. The third-order valence-corrected chi connectivity index (χ3v) is 3.43. The quantitative estimate of drug-likeness (QED) is 0.876. The van der Waals surface area contributed by atoms with Gasteiger partial charge in [0, 0.05) is 18.3 Å². The molecule has 1 amide bonds. The van der Waals surface area contributed by atoms with Gasteiger partial charge in [0.1, 0.15) is 0 Å². The van der Waals surface area contributed by atoms with Gasteiger partial charge in [-0.2, -0.15) is 0 Å². The zero-order valence-electron chi connectivity index (χ0n) is 13.2. The van der Waals surface area contributed by atoms with E-state index < -0.39 is 0 Å². The van der Waals surface area contributed by atoms with Crippen LogP contribution in [-0.4, -0.2) is 35.6 Å². The minimum Gasteiger partial charge on any atom is -0.489 e. The number of pyridine rings is 1. The van der Waals surface area contributed by atoms with Crippen LogP contribution < -0.4 is 15.4 Å². The minimum atomic E-state index is -0.165. The highest BCUT2D eigenvalue weighted by molar-refractivity contribution is 5.95. The van der Waals surface area contributed by atoms with Gasteiger partial charge in [-0.25, -0.2) is 4.98 Å². The first-order valence-corrected chi connectivity index (χ1v) is 7.24. The molecule has 1 aromatic heterocycles. The SMILES string of the molecule is CC(C)Oc1cccnc1C(=O)NC1CCCNC1C.Cl.Cl. The molecule has 1 aliphatic rings. The molecule has 1 fully saturated rings. The van der Waals surface area contributed by atoms with Crippen LogP contribution in [0.4, 0.5) is 0 Å². The predicted octanol–water partition coefficient (Wildman–Crippen LogP) is 2.58. The van der Waals surface area contributed by atoms with Crippen LogP contribution >= 0.6 is 24.8 Å². The molecule has 1 aliphatic heterocycles. The second-order valence-electron chi connectivity index (χ2n) is 5.48. The average molecular weight is 350 g/mol. The Labute approximate surface area is 144 Å². The number of nitrogens with zero attached hydrogens (tertiary/aromatic N) is 1. The van der Waals surface area contributed by atoms with Crippen LogP contribution in [0.5, 0.6) is 5.75 Å². The molecule has 2 heterocycles.